The molecule has 0 spiro atoms. The van der Waals surface area contributed by atoms with E-state index < -0.39 is 0 Å². The van der Waals surface area contributed by atoms with Crippen LogP contribution in [0.2, 0.25) is 0 Å². The van der Waals surface area contributed by atoms with Crippen molar-refractivity contribution in [2.24, 2.45) is 0 Å². The summed E-state index contributed by atoms with van der Waals surface area (Å²) in [6, 6.07) is 1.94. The van der Waals surface area contributed by atoms with E-state index in [9.17, 15) is 0 Å². The van der Waals surface area contributed by atoms with E-state index in [-0.39, 0.29) is 5.95 Å². The Balaban J connectivity index is 2.33. The van der Waals surface area contributed by atoms with Gasteiger partial charge in [0.1, 0.15) is 0 Å². The molecule has 112 valence electrons. The van der Waals surface area contributed by atoms with Crippen molar-refractivity contribution in [3.05, 3.63) is 24.2 Å². The van der Waals surface area contributed by atoms with Gasteiger partial charge in [-0.1, -0.05) is 13.3 Å². The number of anilines is 2. The largest absolute Gasteiger partial charge is 0.368 e. The molecular weight excluding hydrogens is 264 g/mol. The van der Waals surface area contributed by atoms with Gasteiger partial charge < -0.3 is 10.6 Å². The number of hydrogen-bond acceptors (Lipinski definition) is 6. The van der Waals surface area contributed by atoms with Crippen molar-refractivity contribution < 1.29 is 0 Å². The molecule has 2 N–H and O–H groups in total. The average Bonchev–Trinajstić information content (AvgIpc) is 2.48. The van der Waals surface area contributed by atoms with Crippen LogP contribution < -0.4 is 10.6 Å². The lowest BCUT2D eigenvalue weighted by atomic mass is 10.2. The highest BCUT2D eigenvalue weighted by atomic mass is 15.2. The Bertz CT molecular complexity index is 581. The lowest BCUT2D eigenvalue weighted by Crippen LogP contribution is -2.26. The van der Waals surface area contributed by atoms with Crippen molar-refractivity contribution in [2.75, 3.05) is 23.7 Å². The molecule has 0 saturated carbocycles. The van der Waals surface area contributed by atoms with E-state index in [0.717, 1.165) is 48.8 Å². The summed E-state index contributed by atoms with van der Waals surface area (Å²) in [6.45, 7) is 8.13. The fraction of sp³-hybridized carbons (Fsp3) is 0.467. The molecule has 0 bridgehead atoms. The molecule has 6 nitrogen and oxygen atoms in total. The molecule has 6 heteroatoms. The number of aryl methyl sites for hydroxylation is 1. The second kappa shape index (κ2) is 6.97. The molecule has 0 aromatic carbocycles. The Morgan fingerprint density at radius 3 is 2.48 bits per heavy atom. The Morgan fingerprint density at radius 2 is 1.86 bits per heavy atom. The highest BCUT2D eigenvalue weighted by Crippen LogP contribution is 2.20. The predicted octanol–water partition coefficient (Wildman–Crippen LogP) is 2.45. The van der Waals surface area contributed by atoms with Crippen LogP contribution in [0.15, 0.2) is 18.5 Å². The Labute approximate surface area is 125 Å². The molecule has 2 rings (SSSR count). The minimum Gasteiger partial charge on any atom is -0.368 e. The number of nitrogen functional groups attached to an aromatic ring is 1. The van der Waals surface area contributed by atoms with Crippen LogP contribution >= 0.6 is 0 Å². The maximum Gasteiger partial charge on any atom is 0.226 e. The van der Waals surface area contributed by atoms with E-state index in [1.165, 1.54) is 0 Å². The summed E-state index contributed by atoms with van der Waals surface area (Å²) in [7, 11) is 0. The second-order valence-electron chi connectivity index (χ2n) is 4.96. The summed E-state index contributed by atoms with van der Waals surface area (Å²) >= 11 is 0. The number of unbranched alkanes of at least 4 members (excludes halogenated alkanes) is 1. The fourth-order valence-corrected chi connectivity index (χ4v) is 2.06. The van der Waals surface area contributed by atoms with Gasteiger partial charge >= 0.3 is 0 Å². The number of nitrogens with two attached hydrogens (primary N) is 1. The molecule has 0 unspecified atom stereocenters. The first-order valence-corrected chi connectivity index (χ1v) is 7.32. The van der Waals surface area contributed by atoms with Crippen molar-refractivity contribution in [1.82, 2.24) is 19.9 Å². The topological polar surface area (TPSA) is 80.8 Å². The van der Waals surface area contributed by atoms with Crippen LogP contribution in [-0.2, 0) is 0 Å². The first-order valence-electron chi connectivity index (χ1n) is 7.32. The average molecular weight is 286 g/mol. The zero-order valence-electron chi connectivity index (χ0n) is 12.9. The highest BCUT2D eigenvalue weighted by molar-refractivity contribution is 5.59. The first-order chi connectivity index (χ1) is 10.1. The SMILES string of the molecule is CCCCN(CC)c1nc(C)cc(-c2cnc(N)nc2)n1. The van der Waals surface area contributed by atoms with Gasteiger partial charge in [0.25, 0.3) is 0 Å². The van der Waals surface area contributed by atoms with E-state index in [0.29, 0.717) is 0 Å². The molecule has 0 amide bonds. The van der Waals surface area contributed by atoms with E-state index in [2.05, 4.69) is 38.7 Å². The first kappa shape index (κ1) is 15.2. The van der Waals surface area contributed by atoms with Gasteiger partial charge in [0.05, 0.1) is 5.69 Å². The molecule has 2 aromatic rings. The second-order valence-corrected chi connectivity index (χ2v) is 4.96. The van der Waals surface area contributed by atoms with Crippen molar-refractivity contribution >= 4 is 11.9 Å². The lowest BCUT2D eigenvalue weighted by Gasteiger charge is -2.21. The van der Waals surface area contributed by atoms with Crippen LogP contribution in [0.1, 0.15) is 32.4 Å². The standard InChI is InChI=1S/C15H22N6/c1-4-6-7-21(5-2)15-19-11(3)8-13(20-15)12-9-17-14(16)18-10-12/h8-10H,4-7H2,1-3H3,(H2,16,17,18). The van der Waals surface area contributed by atoms with Gasteiger partial charge in [-0.2, -0.15) is 0 Å². The molecule has 0 aliphatic heterocycles. The normalized spacial score (nSPS) is 10.6. The summed E-state index contributed by atoms with van der Waals surface area (Å²) in [5.41, 5.74) is 8.13. The maximum absolute atomic E-state index is 5.53. The minimum atomic E-state index is 0.267. The van der Waals surface area contributed by atoms with E-state index in [1.807, 2.05) is 13.0 Å². The molecule has 2 aromatic heterocycles. The van der Waals surface area contributed by atoms with Crippen LogP contribution in [0.4, 0.5) is 11.9 Å². The fourth-order valence-electron chi connectivity index (χ4n) is 2.06. The molecule has 0 fully saturated rings. The summed E-state index contributed by atoms with van der Waals surface area (Å²) < 4.78 is 0. The van der Waals surface area contributed by atoms with Crippen LogP contribution in [0.25, 0.3) is 11.3 Å². The highest BCUT2D eigenvalue weighted by Gasteiger charge is 2.11. The third-order valence-electron chi connectivity index (χ3n) is 3.26. The van der Waals surface area contributed by atoms with E-state index in [4.69, 9.17) is 5.73 Å². The van der Waals surface area contributed by atoms with Gasteiger partial charge in [0, 0.05) is 36.7 Å². The number of hydrogen-bond donors (Lipinski definition) is 1. The predicted molar refractivity (Wildman–Crippen MR) is 85.0 cm³/mol. The van der Waals surface area contributed by atoms with Gasteiger partial charge in [0.2, 0.25) is 11.9 Å². The quantitative estimate of drug-likeness (QED) is 0.878. The number of nitrogens with zero attached hydrogens (tertiary/aromatic N) is 5. The third-order valence-corrected chi connectivity index (χ3v) is 3.26. The summed E-state index contributed by atoms with van der Waals surface area (Å²) in [5, 5.41) is 0. The Kier molecular flexibility index (Phi) is 5.03. The molecule has 2 heterocycles. The van der Waals surface area contributed by atoms with Gasteiger partial charge in [-0.3, -0.25) is 0 Å². The van der Waals surface area contributed by atoms with Gasteiger partial charge in [-0.15, -0.1) is 0 Å². The van der Waals surface area contributed by atoms with Crippen LogP contribution in [0, 0.1) is 6.92 Å². The Hall–Kier alpha value is -2.24. The third kappa shape index (κ3) is 3.87. The molecule has 0 radical (unpaired) electrons. The minimum absolute atomic E-state index is 0.267. The molecule has 0 atom stereocenters. The number of aromatic nitrogens is 4. The summed E-state index contributed by atoms with van der Waals surface area (Å²) in [4.78, 5) is 19.4. The monoisotopic (exact) mass is 286 g/mol. The van der Waals surface area contributed by atoms with Crippen molar-refractivity contribution in [3.63, 3.8) is 0 Å². The van der Waals surface area contributed by atoms with Crippen LogP contribution in [0.3, 0.4) is 0 Å². The zero-order valence-corrected chi connectivity index (χ0v) is 12.9. The molecule has 0 saturated heterocycles. The van der Waals surface area contributed by atoms with E-state index in [1.54, 1.807) is 12.4 Å². The lowest BCUT2D eigenvalue weighted by molar-refractivity contribution is 0.712. The van der Waals surface area contributed by atoms with Crippen molar-refractivity contribution in [3.8, 4) is 11.3 Å². The summed E-state index contributed by atoms with van der Waals surface area (Å²) in [5.74, 6) is 1.03. The van der Waals surface area contributed by atoms with Gasteiger partial charge in [-0.05, 0) is 26.3 Å². The smallest absolute Gasteiger partial charge is 0.226 e. The maximum atomic E-state index is 5.53. The van der Waals surface area contributed by atoms with Crippen LogP contribution in [0.5, 0.6) is 0 Å². The molecular formula is C15H22N6. The van der Waals surface area contributed by atoms with Gasteiger partial charge in [0.15, 0.2) is 0 Å². The molecule has 0 aliphatic carbocycles. The van der Waals surface area contributed by atoms with Gasteiger partial charge in [-0.25, -0.2) is 19.9 Å². The summed E-state index contributed by atoms with van der Waals surface area (Å²) in [6.07, 6.45) is 5.67. The van der Waals surface area contributed by atoms with Crippen molar-refractivity contribution in [1.29, 1.82) is 0 Å². The molecule has 21 heavy (non-hydrogen) atoms. The van der Waals surface area contributed by atoms with Crippen LogP contribution in [-0.4, -0.2) is 33.0 Å². The van der Waals surface area contributed by atoms with Crippen molar-refractivity contribution in [2.45, 2.75) is 33.6 Å². The molecule has 0 aliphatic rings. The number of rotatable bonds is 6. The Morgan fingerprint density at radius 1 is 1.14 bits per heavy atom. The zero-order chi connectivity index (χ0) is 15.2. The van der Waals surface area contributed by atoms with E-state index >= 15 is 0 Å².